The molecule has 0 atom stereocenters. The Kier molecular flexibility index (Phi) is 3.72. The number of rotatable bonds is 5. The lowest BCUT2D eigenvalue weighted by Crippen LogP contribution is -2.06. The van der Waals surface area contributed by atoms with Crippen molar-refractivity contribution in [3.8, 4) is 0 Å². The predicted molar refractivity (Wildman–Crippen MR) is 70.3 cm³/mol. The van der Waals surface area contributed by atoms with Crippen molar-refractivity contribution < 1.29 is 0 Å². The van der Waals surface area contributed by atoms with Crippen molar-refractivity contribution in [2.45, 2.75) is 45.5 Å². The Bertz CT molecular complexity index is 512. The highest BCUT2D eigenvalue weighted by Gasteiger charge is 2.17. The van der Waals surface area contributed by atoms with E-state index < -0.39 is 0 Å². The summed E-state index contributed by atoms with van der Waals surface area (Å²) < 4.78 is 4.12. The molecule has 0 saturated carbocycles. The van der Waals surface area contributed by atoms with E-state index in [1.165, 1.54) is 0 Å². The van der Waals surface area contributed by atoms with Gasteiger partial charge < -0.3 is 4.57 Å². The molecule has 0 aromatic carbocycles. The van der Waals surface area contributed by atoms with Crippen LogP contribution in [0.4, 0.5) is 0 Å². The Morgan fingerprint density at radius 2 is 2.00 bits per heavy atom. The Morgan fingerprint density at radius 3 is 2.59 bits per heavy atom. The van der Waals surface area contributed by atoms with E-state index in [9.17, 15) is 0 Å². The molecule has 94 valence electrons. The average molecular weight is 255 g/mol. The number of aryl methyl sites for hydroxylation is 3. The zero-order valence-electron chi connectivity index (χ0n) is 10.7. The van der Waals surface area contributed by atoms with Gasteiger partial charge >= 0.3 is 0 Å². The number of nitrogens with zero attached hydrogens (tertiary/aromatic N) is 4. The summed E-state index contributed by atoms with van der Waals surface area (Å²) in [4.78, 5) is 4.64. The fraction of sp³-hybridized carbons (Fsp3) is 0.667. The van der Waals surface area contributed by atoms with Gasteiger partial charge in [0.05, 0.1) is 11.6 Å². The van der Waals surface area contributed by atoms with Crippen LogP contribution in [-0.4, -0.2) is 19.3 Å². The quantitative estimate of drug-likeness (QED) is 0.770. The van der Waals surface area contributed by atoms with Crippen LogP contribution in [-0.2, 0) is 25.9 Å². The molecule has 0 fully saturated rings. The molecule has 0 saturated heterocycles. The molecule has 2 aromatic rings. The molecule has 0 radical (unpaired) electrons. The van der Waals surface area contributed by atoms with Crippen LogP contribution in [0.3, 0.4) is 0 Å². The number of alkyl halides is 1. The summed E-state index contributed by atoms with van der Waals surface area (Å²) in [7, 11) is 1.98. The minimum absolute atomic E-state index is 0.459. The number of hydrogen-bond acceptors (Lipinski definition) is 2. The van der Waals surface area contributed by atoms with Crippen molar-refractivity contribution in [3.63, 3.8) is 0 Å². The SMILES string of the molecule is CCCc1nn(C)c2c1nc(CCl)n2CCC. The van der Waals surface area contributed by atoms with E-state index in [0.29, 0.717) is 5.88 Å². The maximum absolute atomic E-state index is 5.96. The normalized spacial score (nSPS) is 11.5. The molecule has 5 heteroatoms. The van der Waals surface area contributed by atoms with Crippen LogP contribution in [0.5, 0.6) is 0 Å². The Morgan fingerprint density at radius 1 is 1.24 bits per heavy atom. The first-order chi connectivity index (χ1) is 8.22. The zero-order valence-corrected chi connectivity index (χ0v) is 11.5. The smallest absolute Gasteiger partial charge is 0.158 e. The monoisotopic (exact) mass is 254 g/mol. The summed E-state index contributed by atoms with van der Waals surface area (Å²) in [6.45, 7) is 5.27. The van der Waals surface area contributed by atoms with Crippen molar-refractivity contribution >= 4 is 22.8 Å². The summed E-state index contributed by atoms with van der Waals surface area (Å²) in [5, 5.41) is 4.55. The maximum Gasteiger partial charge on any atom is 0.158 e. The van der Waals surface area contributed by atoms with Gasteiger partial charge in [-0.25, -0.2) is 4.98 Å². The molecule has 0 aliphatic rings. The first kappa shape index (κ1) is 12.4. The van der Waals surface area contributed by atoms with Gasteiger partial charge in [-0.15, -0.1) is 11.6 Å². The number of halogens is 1. The van der Waals surface area contributed by atoms with Crippen molar-refractivity contribution in [3.05, 3.63) is 11.5 Å². The third-order valence-corrected chi connectivity index (χ3v) is 3.16. The van der Waals surface area contributed by atoms with Crippen LogP contribution in [0, 0.1) is 0 Å². The molecule has 17 heavy (non-hydrogen) atoms. The van der Waals surface area contributed by atoms with E-state index in [1.54, 1.807) is 0 Å². The fourth-order valence-corrected chi connectivity index (χ4v) is 2.46. The lowest BCUT2D eigenvalue weighted by atomic mass is 10.2. The Hall–Kier alpha value is -1.03. The van der Waals surface area contributed by atoms with Gasteiger partial charge in [0.1, 0.15) is 11.3 Å². The summed E-state index contributed by atoms with van der Waals surface area (Å²) in [5.41, 5.74) is 3.22. The zero-order chi connectivity index (χ0) is 12.4. The number of hydrogen-bond donors (Lipinski definition) is 0. The molecule has 2 heterocycles. The van der Waals surface area contributed by atoms with Crippen LogP contribution in [0.2, 0.25) is 0 Å². The lowest BCUT2D eigenvalue weighted by Gasteiger charge is -2.05. The van der Waals surface area contributed by atoms with E-state index in [4.69, 9.17) is 11.6 Å². The molecule has 0 aliphatic carbocycles. The predicted octanol–water partition coefficient (Wildman–Crippen LogP) is 2.87. The van der Waals surface area contributed by atoms with Gasteiger partial charge in [0.15, 0.2) is 5.65 Å². The van der Waals surface area contributed by atoms with Crippen molar-refractivity contribution in [2.24, 2.45) is 7.05 Å². The van der Waals surface area contributed by atoms with Crippen molar-refractivity contribution in [1.82, 2.24) is 19.3 Å². The molecule has 0 bridgehead atoms. The third-order valence-electron chi connectivity index (χ3n) is 2.92. The summed E-state index contributed by atoms with van der Waals surface area (Å²) >= 11 is 5.96. The van der Waals surface area contributed by atoms with Crippen molar-refractivity contribution in [1.29, 1.82) is 0 Å². The molecule has 0 spiro atoms. The second-order valence-electron chi connectivity index (χ2n) is 4.31. The van der Waals surface area contributed by atoms with Crippen LogP contribution < -0.4 is 0 Å². The fourth-order valence-electron chi connectivity index (χ4n) is 2.25. The summed E-state index contributed by atoms with van der Waals surface area (Å²) in [6.07, 6.45) is 3.13. The second-order valence-corrected chi connectivity index (χ2v) is 4.57. The van der Waals surface area contributed by atoms with E-state index in [0.717, 1.165) is 48.5 Å². The highest BCUT2D eigenvalue weighted by molar-refractivity contribution is 6.16. The van der Waals surface area contributed by atoms with Crippen LogP contribution >= 0.6 is 11.6 Å². The van der Waals surface area contributed by atoms with Crippen LogP contribution in [0.25, 0.3) is 11.2 Å². The lowest BCUT2D eigenvalue weighted by molar-refractivity contribution is 0.637. The highest BCUT2D eigenvalue weighted by atomic mass is 35.5. The number of aromatic nitrogens is 4. The molecule has 0 aliphatic heterocycles. The first-order valence-corrected chi connectivity index (χ1v) is 6.73. The summed E-state index contributed by atoms with van der Waals surface area (Å²) in [6, 6.07) is 0. The molecular formula is C12H19ClN4. The van der Waals surface area contributed by atoms with Crippen molar-refractivity contribution in [2.75, 3.05) is 0 Å². The maximum atomic E-state index is 5.96. The minimum Gasteiger partial charge on any atom is -0.312 e. The molecule has 2 aromatic heterocycles. The Balaban J connectivity index is 2.61. The minimum atomic E-state index is 0.459. The largest absolute Gasteiger partial charge is 0.312 e. The number of fused-ring (bicyclic) bond motifs is 1. The molecular weight excluding hydrogens is 236 g/mol. The highest BCUT2D eigenvalue weighted by Crippen LogP contribution is 2.21. The van der Waals surface area contributed by atoms with Gasteiger partial charge in [-0.05, 0) is 12.8 Å². The van der Waals surface area contributed by atoms with Crippen LogP contribution in [0.1, 0.15) is 38.2 Å². The van der Waals surface area contributed by atoms with E-state index in [1.807, 2.05) is 11.7 Å². The molecule has 0 amide bonds. The van der Waals surface area contributed by atoms with Gasteiger partial charge in [-0.3, -0.25) is 4.68 Å². The molecule has 4 nitrogen and oxygen atoms in total. The van der Waals surface area contributed by atoms with E-state index in [2.05, 4.69) is 28.5 Å². The van der Waals surface area contributed by atoms with E-state index >= 15 is 0 Å². The number of imidazole rings is 1. The molecule has 2 rings (SSSR count). The second kappa shape index (κ2) is 5.08. The first-order valence-electron chi connectivity index (χ1n) is 6.19. The third kappa shape index (κ3) is 2.06. The topological polar surface area (TPSA) is 35.6 Å². The average Bonchev–Trinajstić information content (AvgIpc) is 2.80. The standard InChI is InChI=1S/C12H19ClN4/c1-4-6-9-11-12(16(3)15-9)17(7-5-2)10(8-13)14-11/h4-8H2,1-3H3. The van der Waals surface area contributed by atoms with Gasteiger partial charge in [0.25, 0.3) is 0 Å². The Labute approximate surface area is 107 Å². The molecule has 0 N–H and O–H groups in total. The van der Waals surface area contributed by atoms with Crippen LogP contribution in [0.15, 0.2) is 0 Å². The molecule has 0 unspecified atom stereocenters. The van der Waals surface area contributed by atoms with Gasteiger partial charge in [0, 0.05) is 13.6 Å². The van der Waals surface area contributed by atoms with E-state index in [-0.39, 0.29) is 0 Å². The summed E-state index contributed by atoms with van der Waals surface area (Å²) in [5.74, 6) is 1.41. The van der Waals surface area contributed by atoms with Gasteiger partial charge in [-0.2, -0.15) is 5.10 Å². The van der Waals surface area contributed by atoms with Gasteiger partial charge in [-0.1, -0.05) is 20.3 Å². The van der Waals surface area contributed by atoms with Gasteiger partial charge in [0.2, 0.25) is 0 Å².